The van der Waals surface area contributed by atoms with Crippen molar-refractivity contribution in [2.45, 2.75) is 26.4 Å². The highest BCUT2D eigenvalue weighted by atomic mass is 16.5. The highest BCUT2D eigenvalue weighted by Gasteiger charge is 2.11. The van der Waals surface area contributed by atoms with Gasteiger partial charge < -0.3 is 4.74 Å². The standard InChI is InChI=1S/C8H14O2/c1-7(6-9)5-8(2,3)10-4/h5-6H,1-4H3/b7-5+. The Kier molecular flexibility index (Phi) is 3.30. The van der Waals surface area contributed by atoms with Gasteiger partial charge in [0.2, 0.25) is 0 Å². The molecule has 0 spiro atoms. The minimum Gasteiger partial charge on any atom is -0.375 e. The molecule has 0 bridgehead atoms. The van der Waals surface area contributed by atoms with Crippen molar-refractivity contribution in [1.82, 2.24) is 0 Å². The van der Waals surface area contributed by atoms with E-state index < -0.39 is 0 Å². The second-order valence-corrected chi connectivity index (χ2v) is 2.81. The zero-order chi connectivity index (χ0) is 8.20. The number of carbonyl (C=O) groups is 1. The molecule has 0 aliphatic rings. The van der Waals surface area contributed by atoms with Crippen molar-refractivity contribution < 1.29 is 9.53 Å². The molecule has 0 N–H and O–H groups in total. The third-order valence-corrected chi connectivity index (χ3v) is 1.29. The highest BCUT2D eigenvalue weighted by molar-refractivity contribution is 5.72. The van der Waals surface area contributed by atoms with Crippen molar-refractivity contribution >= 4 is 6.29 Å². The van der Waals surface area contributed by atoms with Gasteiger partial charge in [-0.25, -0.2) is 0 Å². The van der Waals surface area contributed by atoms with Crippen LogP contribution in [0.5, 0.6) is 0 Å². The molecule has 0 aromatic rings. The molecule has 0 rings (SSSR count). The Balaban J connectivity index is 4.22. The Hall–Kier alpha value is -0.630. The molecule has 58 valence electrons. The summed E-state index contributed by atoms with van der Waals surface area (Å²) in [5.41, 5.74) is 0.372. The monoisotopic (exact) mass is 142 g/mol. The van der Waals surface area contributed by atoms with E-state index in [1.54, 1.807) is 20.1 Å². The van der Waals surface area contributed by atoms with Crippen LogP contribution in [-0.2, 0) is 9.53 Å². The molecule has 0 saturated carbocycles. The third kappa shape index (κ3) is 3.41. The lowest BCUT2D eigenvalue weighted by atomic mass is 10.1. The van der Waals surface area contributed by atoms with E-state index in [1.165, 1.54) is 0 Å². The van der Waals surface area contributed by atoms with Gasteiger partial charge in [-0.3, -0.25) is 4.79 Å². The molecule has 10 heavy (non-hydrogen) atoms. The molecule has 0 aromatic carbocycles. The lowest BCUT2D eigenvalue weighted by Gasteiger charge is -2.17. The average Bonchev–Trinajstić information content (AvgIpc) is 1.87. The first-order valence-electron chi connectivity index (χ1n) is 3.21. The number of hydrogen-bond donors (Lipinski definition) is 0. The Morgan fingerprint density at radius 1 is 1.50 bits per heavy atom. The first-order chi connectivity index (χ1) is 4.52. The molecule has 0 aliphatic carbocycles. The Bertz CT molecular complexity index is 145. The van der Waals surface area contributed by atoms with Crippen LogP contribution in [0.1, 0.15) is 20.8 Å². The average molecular weight is 142 g/mol. The van der Waals surface area contributed by atoms with Gasteiger partial charge in [-0.15, -0.1) is 0 Å². The van der Waals surface area contributed by atoms with Gasteiger partial charge in [0.25, 0.3) is 0 Å². The molecule has 0 radical (unpaired) electrons. The van der Waals surface area contributed by atoms with E-state index in [2.05, 4.69) is 0 Å². The van der Waals surface area contributed by atoms with Gasteiger partial charge in [-0.1, -0.05) is 0 Å². The van der Waals surface area contributed by atoms with Crippen molar-refractivity contribution in [3.05, 3.63) is 11.6 Å². The van der Waals surface area contributed by atoms with E-state index in [1.807, 2.05) is 13.8 Å². The lowest BCUT2D eigenvalue weighted by molar-refractivity contribution is -0.105. The third-order valence-electron chi connectivity index (χ3n) is 1.29. The minimum atomic E-state index is -0.328. The van der Waals surface area contributed by atoms with Crippen LogP contribution >= 0.6 is 0 Å². The van der Waals surface area contributed by atoms with Gasteiger partial charge in [-0.2, -0.15) is 0 Å². The maximum Gasteiger partial charge on any atom is 0.145 e. The summed E-state index contributed by atoms with van der Waals surface area (Å²) in [4.78, 5) is 10.2. The van der Waals surface area contributed by atoms with E-state index in [0.29, 0.717) is 5.57 Å². The van der Waals surface area contributed by atoms with Crippen molar-refractivity contribution in [1.29, 1.82) is 0 Å². The van der Waals surface area contributed by atoms with Crippen LogP contribution in [0, 0.1) is 0 Å². The number of rotatable bonds is 3. The number of ether oxygens (including phenoxy) is 1. The first-order valence-corrected chi connectivity index (χ1v) is 3.21. The van der Waals surface area contributed by atoms with E-state index >= 15 is 0 Å². The quantitative estimate of drug-likeness (QED) is 0.441. The molecule has 2 heteroatoms. The SMILES string of the molecule is COC(C)(C)/C=C(\C)C=O. The molecule has 0 aromatic heterocycles. The number of methoxy groups -OCH3 is 1. The van der Waals surface area contributed by atoms with Crippen molar-refractivity contribution in [2.75, 3.05) is 7.11 Å². The zero-order valence-electron chi connectivity index (χ0n) is 6.97. The Morgan fingerprint density at radius 2 is 2.00 bits per heavy atom. The van der Waals surface area contributed by atoms with Gasteiger partial charge >= 0.3 is 0 Å². The summed E-state index contributed by atoms with van der Waals surface area (Å²) in [5.74, 6) is 0. The van der Waals surface area contributed by atoms with Crippen molar-refractivity contribution in [2.24, 2.45) is 0 Å². The fraction of sp³-hybridized carbons (Fsp3) is 0.625. The number of aldehydes is 1. The predicted molar refractivity (Wildman–Crippen MR) is 40.9 cm³/mol. The zero-order valence-corrected chi connectivity index (χ0v) is 6.97. The topological polar surface area (TPSA) is 26.3 Å². The van der Waals surface area contributed by atoms with Gasteiger partial charge in [0.15, 0.2) is 0 Å². The minimum absolute atomic E-state index is 0.328. The summed E-state index contributed by atoms with van der Waals surface area (Å²) in [6.07, 6.45) is 2.61. The maximum atomic E-state index is 10.2. The van der Waals surface area contributed by atoms with E-state index in [4.69, 9.17) is 4.74 Å². The Labute approximate surface area is 61.9 Å². The maximum absolute atomic E-state index is 10.2. The summed E-state index contributed by atoms with van der Waals surface area (Å²) in [6.45, 7) is 5.56. The normalized spacial score (nSPS) is 13.4. The van der Waals surface area contributed by atoms with Gasteiger partial charge in [-0.05, 0) is 32.4 Å². The lowest BCUT2D eigenvalue weighted by Crippen LogP contribution is -2.19. The van der Waals surface area contributed by atoms with Gasteiger partial charge in [0, 0.05) is 7.11 Å². The summed E-state index contributed by atoms with van der Waals surface area (Å²) in [7, 11) is 1.62. The highest BCUT2D eigenvalue weighted by Crippen LogP contribution is 2.10. The van der Waals surface area contributed by atoms with Gasteiger partial charge in [0.05, 0.1) is 5.60 Å². The molecular formula is C8H14O2. The van der Waals surface area contributed by atoms with Crippen molar-refractivity contribution in [3.8, 4) is 0 Å². The summed E-state index contributed by atoms with van der Waals surface area (Å²) < 4.78 is 5.07. The van der Waals surface area contributed by atoms with Crippen LogP contribution in [0.2, 0.25) is 0 Å². The largest absolute Gasteiger partial charge is 0.375 e. The molecular weight excluding hydrogens is 128 g/mol. The Morgan fingerprint density at radius 3 is 2.30 bits per heavy atom. The molecule has 0 saturated heterocycles. The van der Waals surface area contributed by atoms with E-state index in [0.717, 1.165) is 6.29 Å². The number of carbonyl (C=O) groups excluding carboxylic acids is 1. The van der Waals surface area contributed by atoms with Crippen LogP contribution in [0.3, 0.4) is 0 Å². The molecule has 0 unspecified atom stereocenters. The second kappa shape index (κ2) is 3.52. The van der Waals surface area contributed by atoms with Crippen molar-refractivity contribution in [3.63, 3.8) is 0 Å². The molecule has 0 heterocycles. The predicted octanol–water partition coefficient (Wildman–Crippen LogP) is 1.56. The number of hydrogen-bond acceptors (Lipinski definition) is 2. The molecule has 0 amide bonds. The summed E-state index contributed by atoms with van der Waals surface area (Å²) in [5, 5.41) is 0. The first kappa shape index (κ1) is 9.37. The second-order valence-electron chi connectivity index (χ2n) is 2.81. The van der Waals surface area contributed by atoms with E-state index in [9.17, 15) is 4.79 Å². The molecule has 2 nitrogen and oxygen atoms in total. The van der Waals surface area contributed by atoms with Crippen LogP contribution < -0.4 is 0 Å². The van der Waals surface area contributed by atoms with Gasteiger partial charge in [0.1, 0.15) is 6.29 Å². The molecule has 0 fully saturated rings. The summed E-state index contributed by atoms with van der Waals surface area (Å²) in [6, 6.07) is 0. The van der Waals surface area contributed by atoms with Crippen LogP contribution in [0.15, 0.2) is 11.6 Å². The summed E-state index contributed by atoms with van der Waals surface area (Å²) >= 11 is 0. The van der Waals surface area contributed by atoms with E-state index in [-0.39, 0.29) is 5.60 Å². The van der Waals surface area contributed by atoms with Crippen LogP contribution in [0.4, 0.5) is 0 Å². The fourth-order valence-electron chi connectivity index (χ4n) is 0.641. The smallest absolute Gasteiger partial charge is 0.145 e. The number of allylic oxidation sites excluding steroid dienone is 1. The van der Waals surface area contributed by atoms with Crippen LogP contribution in [0.25, 0.3) is 0 Å². The molecule has 0 atom stereocenters. The van der Waals surface area contributed by atoms with Crippen LogP contribution in [-0.4, -0.2) is 19.0 Å². The fourth-order valence-corrected chi connectivity index (χ4v) is 0.641. The molecule has 0 aliphatic heterocycles.